The Morgan fingerprint density at radius 2 is 1.05 bits per heavy atom. The molecule has 8 aromatic rings. The van der Waals surface area contributed by atoms with Crippen molar-refractivity contribution in [3.8, 4) is 16.8 Å². The molecule has 0 fully saturated rings. The number of benzene rings is 7. The van der Waals surface area contributed by atoms with E-state index in [9.17, 15) is 0 Å². The number of para-hydroxylation sites is 4. The monoisotopic (exact) mass is 508 g/mol. The standard InChI is InChI=1S/C38H24N2/c1-2-11-26-24-27(21-20-25(26)10-1)28-22-23-34(30-13-4-3-12-29(28)30)39-35-17-7-8-18-36(35)40-33-16-6-5-14-31(33)32-15-9-19-37(39)38(32)40/h1-24H. The van der Waals surface area contributed by atoms with Gasteiger partial charge in [-0.15, -0.1) is 0 Å². The molecular weight excluding hydrogens is 484 g/mol. The molecule has 2 heteroatoms. The van der Waals surface area contributed by atoms with Gasteiger partial charge in [0.05, 0.1) is 33.8 Å². The highest BCUT2D eigenvalue weighted by molar-refractivity contribution is 6.18. The fourth-order valence-electron chi connectivity index (χ4n) is 6.75. The van der Waals surface area contributed by atoms with Crippen molar-refractivity contribution in [2.75, 3.05) is 4.90 Å². The fourth-order valence-corrected chi connectivity index (χ4v) is 6.75. The molecule has 1 aromatic heterocycles. The number of nitrogens with zero attached hydrogens (tertiary/aromatic N) is 2. The molecule has 0 saturated carbocycles. The van der Waals surface area contributed by atoms with Crippen LogP contribution in [0.5, 0.6) is 0 Å². The zero-order valence-electron chi connectivity index (χ0n) is 21.8. The summed E-state index contributed by atoms with van der Waals surface area (Å²) in [6.45, 7) is 0. The van der Waals surface area contributed by atoms with Gasteiger partial charge in [-0.2, -0.15) is 0 Å². The average molecular weight is 509 g/mol. The molecule has 0 unspecified atom stereocenters. The summed E-state index contributed by atoms with van der Waals surface area (Å²) in [5, 5.41) is 7.59. The van der Waals surface area contributed by atoms with Crippen LogP contribution in [0.25, 0.3) is 60.2 Å². The number of fused-ring (bicyclic) bond motifs is 7. The molecule has 0 spiro atoms. The summed E-state index contributed by atoms with van der Waals surface area (Å²) in [6.07, 6.45) is 0. The van der Waals surface area contributed by atoms with Crippen molar-refractivity contribution >= 4 is 60.4 Å². The van der Waals surface area contributed by atoms with E-state index in [4.69, 9.17) is 0 Å². The molecule has 2 heterocycles. The highest BCUT2D eigenvalue weighted by atomic mass is 15.2. The normalized spacial score (nSPS) is 12.4. The molecule has 0 saturated heterocycles. The lowest BCUT2D eigenvalue weighted by atomic mass is 9.94. The van der Waals surface area contributed by atoms with E-state index in [-0.39, 0.29) is 0 Å². The van der Waals surface area contributed by atoms with Crippen LogP contribution < -0.4 is 4.90 Å². The molecule has 1 aliphatic rings. The first-order valence-corrected chi connectivity index (χ1v) is 13.8. The van der Waals surface area contributed by atoms with Gasteiger partial charge in [0.25, 0.3) is 0 Å². The lowest BCUT2D eigenvalue weighted by molar-refractivity contribution is 1.11. The molecular formula is C38H24N2. The van der Waals surface area contributed by atoms with Gasteiger partial charge in [0.1, 0.15) is 0 Å². The first-order valence-electron chi connectivity index (χ1n) is 13.8. The van der Waals surface area contributed by atoms with Crippen LogP contribution in [0.2, 0.25) is 0 Å². The highest BCUT2D eigenvalue weighted by Crippen LogP contribution is 2.51. The average Bonchev–Trinajstić information content (AvgIpc) is 3.37. The third-order valence-electron chi connectivity index (χ3n) is 8.48. The van der Waals surface area contributed by atoms with Gasteiger partial charge in [0.2, 0.25) is 0 Å². The van der Waals surface area contributed by atoms with Crippen molar-refractivity contribution in [1.82, 2.24) is 4.57 Å². The maximum absolute atomic E-state index is 2.46. The van der Waals surface area contributed by atoms with Crippen molar-refractivity contribution in [3.63, 3.8) is 0 Å². The molecule has 9 rings (SSSR count). The second kappa shape index (κ2) is 8.08. The third kappa shape index (κ3) is 2.88. The van der Waals surface area contributed by atoms with E-state index in [0.29, 0.717) is 0 Å². The van der Waals surface area contributed by atoms with Crippen LogP contribution in [0.4, 0.5) is 17.1 Å². The molecule has 0 aliphatic carbocycles. The van der Waals surface area contributed by atoms with Crippen LogP contribution >= 0.6 is 0 Å². The van der Waals surface area contributed by atoms with Crippen molar-refractivity contribution in [1.29, 1.82) is 0 Å². The Bertz CT molecular complexity index is 2290. The molecule has 0 amide bonds. The Morgan fingerprint density at radius 3 is 1.95 bits per heavy atom. The van der Waals surface area contributed by atoms with Gasteiger partial charge in [-0.05, 0) is 63.7 Å². The highest BCUT2D eigenvalue weighted by Gasteiger charge is 2.29. The number of anilines is 3. The van der Waals surface area contributed by atoms with E-state index in [0.717, 1.165) is 0 Å². The Balaban J connectivity index is 1.35. The Kier molecular flexibility index (Phi) is 4.36. The van der Waals surface area contributed by atoms with Gasteiger partial charge < -0.3 is 9.47 Å². The number of aromatic nitrogens is 1. The van der Waals surface area contributed by atoms with Crippen LogP contribution in [-0.2, 0) is 0 Å². The number of hydrogen-bond donors (Lipinski definition) is 0. The summed E-state index contributed by atoms with van der Waals surface area (Å²) >= 11 is 0. The maximum atomic E-state index is 2.46. The molecule has 7 aromatic carbocycles. The van der Waals surface area contributed by atoms with Crippen LogP contribution in [0.1, 0.15) is 0 Å². The lowest BCUT2D eigenvalue weighted by Gasteiger charge is -2.34. The van der Waals surface area contributed by atoms with Crippen LogP contribution in [0.3, 0.4) is 0 Å². The smallest absolute Gasteiger partial charge is 0.0783 e. The van der Waals surface area contributed by atoms with E-state index < -0.39 is 0 Å². The maximum Gasteiger partial charge on any atom is 0.0783 e. The lowest BCUT2D eigenvalue weighted by Crippen LogP contribution is -2.18. The molecule has 0 atom stereocenters. The van der Waals surface area contributed by atoms with Crippen molar-refractivity contribution < 1.29 is 0 Å². The topological polar surface area (TPSA) is 8.17 Å². The van der Waals surface area contributed by atoms with Gasteiger partial charge in [-0.1, -0.05) is 109 Å². The first kappa shape index (κ1) is 21.6. The summed E-state index contributed by atoms with van der Waals surface area (Å²) in [5.74, 6) is 0. The van der Waals surface area contributed by atoms with Crippen molar-refractivity contribution in [3.05, 3.63) is 146 Å². The third-order valence-corrected chi connectivity index (χ3v) is 8.48. The Labute approximate surface area is 232 Å². The summed E-state index contributed by atoms with van der Waals surface area (Å²) < 4.78 is 2.44. The summed E-state index contributed by atoms with van der Waals surface area (Å²) in [6, 6.07) is 53.1. The van der Waals surface area contributed by atoms with E-state index in [2.05, 4.69) is 155 Å². The molecule has 1 aliphatic heterocycles. The summed E-state index contributed by atoms with van der Waals surface area (Å²) in [5.41, 5.74) is 9.78. The molecule has 0 bridgehead atoms. The van der Waals surface area contributed by atoms with Gasteiger partial charge in [0.15, 0.2) is 0 Å². The van der Waals surface area contributed by atoms with Crippen LogP contribution in [0, 0.1) is 0 Å². The van der Waals surface area contributed by atoms with E-state index in [1.165, 1.54) is 77.2 Å². The first-order chi connectivity index (χ1) is 19.9. The Hall–Kier alpha value is -5.34. The molecule has 40 heavy (non-hydrogen) atoms. The number of hydrogen-bond acceptors (Lipinski definition) is 1. The van der Waals surface area contributed by atoms with Gasteiger partial charge in [-0.25, -0.2) is 0 Å². The quantitative estimate of drug-likeness (QED) is 0.225. The molecule has 2 nitrogen and oxygen atoms in total. The van der Waals surface area contributed by atoms with Crippen molar-refractivity contribution in [2.45, 2.75) is 0 Å². The summed E-state index contributed by atoms with van der Waals surface area (Å²) in [4.78, 5) is 2.46. The molecule has 0 radical (unpaired) electrons. The Morgan fingerprint density at radius 1 is 0.375 bits per heavy atom. The second-order valence-corrected chi connectivity index (χ2v) is 10.6. The van der Waals surface area contributed by atoms with Crippen LogP contribution in [-0.4, -0.2) is 4.57 Å². The zero-order chi connectivity index (χ0) is 26.2. The van der Waals surface area contributed by atoms with Crippen LogP contribution in [0.15, 0.2) is 146 Å². The predicted molar refractivity (Wildman–Crippen MR) is 169 cm³/mol. The largest absolute Gasteiger partial charge is 0.306 e. The second-order valence-electron chi connectivity index (χ2n) is 10.6. The van der Waals surface area contributed by atoms with E-state index >= 15 is 0 Å². The van der Waals surface area contributed by atoms with E-state index in [1.54, 1.807) is 0 Å². The molecule has 0 N–H and O–H groups in total. The minimum atomic E-state index is 1.19. The van der Waals surface area contributed by atoms with Crippen molar-refractivity contribution in [2.24, 2.45) is 0 Å². The number of rotatable bonds is 2. The minimum Gasteiger partial charge on any atom is -0.306 e. The van der Waals surface area contributed by atoms with Gasteiger partial charge in [0, 0.05) is 16.2 Å². The van der Waals surface area contributed by atoms with Gasteiger partial charge >= 0.3 is 0 Å². The summed E-state index contributed by atoms with van der Waals surface area (Å²) in [7, 11) is 0. The van der Waals surface area contributed by atoms with E-state index in [1.807, 2.05) is 0 Å². The zero-order valence-corrected chi connectivity index (χ0v) is 21.8. The minimum absolute atomic E-state index is 1.19. The SMILES string of the molecule is c1ccc2c(c1)N(c1ccc(-c3ccc4ccccc4c3)c3ccccc13)c1cccc3c4ccccc4n-2c13. The van der Waals surface area contributed by atoms with Gasteiger partial charge in [-0.3, -0.25) is 0 Å². The fraction of sp³-hybridized carbons (Fsp3) is 0. The molecule has 186 valence electrons. The predicted octanol–water partition coefficient (Wildman–Crippen LogP) is 10.5.